The summed E-state index contributed by atoms with van der Waals surface area (Å²) >= 11 is 0. The van der Waals surface area contributed by atoms with Crippen LogP contribution in [-0.4, -0.2) is 67.5 Å². The number of Topliss-reactive ketones (excluding diaryl/α,β-unsaturated/α-hetero) is 2. The number of benzene rings is 1. The zero-order valence-corrected chi connectivity index (χ0v) is 49.3. The van der Waals surface area contributed by atoms with Crippen LogP contribution in [-0.2, 0) is 38.4 Å². The van der Waals surface area contributed by atoms with Crippen LogP contribution >= 0.6 is 0 Å². The Morgan fingerprint density at radius 1 is 0.769 bits per heavy atom. The highest BCUT2D eigenvalue weighted by Gasteiger charge is 2.78. The summed E-state index contributed by atoms with van der Waals surface area (Å²) in [4.78, 5) is 35.0. The van der Waals surface area contributed by atoms with Gasteiger partial charge < -0.3 is 29.2 Å². The number of aromatic amines is 1. The first kappa shape index (κ1) is 53.0. The maximum Gasteiger partial charge on any atom is 0.160 e. The molecule has 5 heterocycles. The van der Waals surface area contributed by atoms with Crippen molar-refractivity contribution in [2.75, 3.05) is 6.61 Å². The minimum atomic E-state index is -0.717. The standard InChI is InChI=1S/C70H98N2O6/c1-63(2)62(78-63)53(74)37-64(3)29-22-46-40-71-58-49(34-43-32-47(44-18-10-8-11-19-44)35-48(33-43)45-24-31-77-70(36-45)27-14-9-15-28-70)41-72(59(46)58)42-51-56-57(64)52(73)38-66(56,5)65(4)30-23-54-67(6,50-20-12-13-21-50)55(75)39-69(25-16-17-26-69)68(54,7)61(65)60(51)76/h32-33,35,40-41,44-45,50-51,53-54,60-62,71,74,76H,8-31,34,36-39,42H2,1-7H3. The number of aliphatic hydroxyl groups is 2. The highest BCUT2D eigenvalue weighted by Crippen LogP contribution is 2.81. The van der Waals surface area contributed by atoms with Crippen molar-refractivity contribution in [2.45, 2.75) is 276 Å². The number of ketones is 2. The maximum atomic E-state index is 15.8. The predicted octanol–water partition coefficient (Wildman–Crippen LogP) is 15.1. The van der Waals surface area contributed by atoms with Gasteiger partial charge in [-0.2, -0.15) is 0 Å². The van der Waals surface area contributed by atoms with Gasteiger partial charge in [0.25, 0.3) is 0 Å². The van der Waals surface area contributed by atoms with Gasteiger partial charge in [0.2, 0.25) is 0 Å². The lowest BCUT2D eigenvalue weighted by atomic mass is 9.29. The predicted molar refractivity (Wildman–Crippen MR) is 308 cm³/mol. The summed E-state index contributed by atoms with van der Waals surface area (Å²) in [5, 5.41) is 26.7. The average Bonchev–Trinajstić information content (AvgIpc) is 2.85. The van der Waals surface area contributed by atoms with E-state index in [1.807, 2.05) is 0 Å². The number of aliphatic hydroxyl groups excluding tert-OH is 2. The molecule has 3 aliphatic heterocycles. The number of H-pyrrole nitrogens is 1. The van der Waals surface area contributed by atoms with Gasteiger partial charge in [-0.3, -0.25) is 9.59 Å². The summed E-state index contributed by atoms with van der Waals surface area (Å²) in [5.41, 5.74) is 8.91. The number of carbonyl (C=O) groups excluding carboxylic acids is 2. The number of nitrogens with one attached hydrogen (secondary N) is 1. The summed E-state index contributed by atoms with van der Waals surface area (Å²) in [6, 6.07) is 7.81. The SMILES string of the molecule is CC1(CC(O)C2OC2(C)C)CCc2c[nH]c3c(Cc4cc(C5CCCCC5)cc(C5CCOC6(CCCCC6)C5)c4)cn(c23)CC2C3=C1C(=O)CC3(C)C1(C)CCC3C(C)(C4CCCC4)C(=O)CC4(CCCC4)C3(C)C1C2O. The largest absolute Gasteiger partial charge is 0.392 e. The fraction of sp³-hybridized carbons (Fsp3) is 0.771. The van der Waals surface area contributed by atoms with Crippen molar-refractivity contribution >= 4 is 22.6 Å². The molecule has 12 atom stereocenters. The Morgan fingerprint density at radius 2 is 1.45 bits per heavy atom. The number of aromatic nitrogens is 2. The molecule has 14 rings (SSSR count). The van der Waals surface area contributed by atoms with E-state index in [2.05, 4.69) is 88.6 Å². The smallest absolute Gasteiger partial charge is 0.160 e. The molecule has 78 heavy (non-hydrogen) atoms. The molecule has 8 aliphatic carbocycles. The first-order valence-corrected chi connectivity index (χ1v) is 32.6. The highest BCUT2D eigenvalue weighted by molar-refractivity contribution is 6.02. The Labute approximate surface area is 467 Å². The molecule has 12 unspecified atom stereocenters. The highest BCUT2D eigenvalue weighted by atomic mass is 16.6. The minimum Gasteiger partial charge on any atom is -0.392 e. The van der Waals surface area contributed by atoms with E-state index in [4.69, 9.17) is 9.47 Å². The van der Waals surface area contributed by atoms with E-state index in [1.54, 1.807) is 5.56 Å². The van der Waals surface area contributed by atoms with E-state index in [1.165, 1.54) is 116 Å². The Balaban J connectivity index is 0.911. The number of allylic oxidation sites excluding steroid dienone is 1. The number of fused-ring (bicyclic) bond motifs is 5. The Hall–Kier alpha value is -3.04. The third kappa shape index (κ3) is 7.67. The molecule has 0 amide bonds. The topological polar surface area (TPSA) is 117 Å². The monoisotopic (exact) mass is 1060 g/mol. The molecule has 3 N–H and O–H groups in total. The maximum absolute atomic E-state index is 15.8. The quantitative estimate of drug-likeness (QED) is 0.194. The Kier molecular flexibility index (Phi) is 12.6. The molecule has 11 aliphatic rings. The third-order valence-corrected chi connectivity index (χ3v) is 26.9. The van der Waals surface area contributed by atoms with Crippen molar-refractivity contribution in [3.8, 4) is 0 Å². The normalized spacial score (nSPS) is 40.6. The number of hydrogen-bond donors (Lipinski definition) is 3. The van der Waals surface area contributed by atoms with Crippen LogP contribution in [0.1, 0.15) is 255 Å². The van der Waals surface area contributed by atoms with Crippen molar-refractivity contribution in [2.24, 2.45) is 56.2 Å². The lowest BCUT2D eigenvalue weighted by Crippen LogP contribution is -2.73. The van der Waals surface area contributed by atoms with Gasteiger partial charge in [0.05, 0.1) is 34.4 Å². The van der Waals surface area contributed by atoms with E-state index >= 15 is 9.59 Å². The van der Waals surface area contributed by atoms with Gasteiger partial charge in [-0.1, -0.05) is 117 Å². The zero-order chi connectivity index (χ0) is 54.0. The molecule has 0 radical (unpaired) electrons. The van der Waals surface area contributed by atoms with Crippen molar-refractivity contribution in [1.82, 2.24) is 9.55 Å². The van der Waals surface area contributed by atoms with Crippen molar-refractivity contribution in [1.29, 1.82) is 0 Å². The van der Waals surface area contributed by atoms with Crippen LogP contribution in [0.3, 0.4) is 0 Å². The molecule has 8 heteroatoms. The van der Waals surface area contributed by atoms with Crippen LogP contribution in [0, 0.1) is 56.2 Å². The van der Waals surface area contributed by atoms with E-state index < -0.39 is 34.1 Å². The van der Waals surface area contributed by atoms with Crippen LogP contribution in [0.25, 0.3) is 11.0 Å². The summed E-state index contributed by atoms with van der Waals surface area (Å²) < 4.78 is 15.4. The van der Waals surface area contributed by atoms with Crippen LogP contribution < -0.4 is 0 Å². The summed E-state index contributed by atoms with van der Waals surface area (Å²) in [6.45, 7) is 17.9. The lowest BCUT2D eigenvalue weighted by Gasteiger charge is -2.74. The van der Waals surface area contributed by atoms with E-state index in [0.29, 0.717) is 49.3 Å². The second-order valence-electron chi connectivity index (χ2n) is 31.1. The van der Waals surface area contributed by atoms with Crippen molar-refractivity contribution in [3.63, 3.8) is 0 Å². The van der Waals surface area contributed by atoms with Gasteiger partial charge in [0.15, 0.2) is 5.78 Å². The average molecular weight is 1060 g/mol. The van der Waals surface area contributed by atoms with Crippen molar-refractivity contribution in [3.05, 3.63) is 69.6 Å². The second-order valence-corrected chi connectivity index (χ2v) is 31.1. The van der Waals surface area contributed by atoms with Crippen LogP contribution in [0.4, 0.5) is 0 Å². The molecule has 0 bridgehead atoms. The number of nitrogens with zero attached hydrogens (tertiary/aromatic N) is 1. The summed E-state index contributed by atoms with van der Waals surface area (Å²) in [7, 11) is 0. The second kappa shape index (κ2) is 18.5. The Morgan fingerprint density at radius 3 is 2.17 bits per heavy atom. The zero-order valence-electron chi connectivity index (χ0n) is 49.3. The molecule has 2 saturated heterocycles. The van der Waals surface area contributed by atoms with E-state index in [9.17, 15) is 10.2 Å². The van der Waals surface area contributed by atoms with Gasteiger partial charge in [-0.25, -0.2) is 0 Å². The molecule has 9 fully saturated rings. The lowest BCUT2D eigenvalue weighted by molar-refractivity contribution is -0.266. The van der Waals surface area contributed by atoms with E-state index in [-0.39, 0.29) is 51.5 Å². The van der Waals surface area contributed by atoms with Gasteiger partial charge in [-0.15, -0.1) is 0 Å². The molecular formula is C70H98N2O6. The van der Waals surface area contributed by atoms with Crippen molar-refractivity contribution < 1.29 is 29.3 Å². The number of carbonyl (C=O) groups is 2. The molecule has 1 aromatic carbocycles. The van der Waals surface area contributed by atoms with Gasteiger partial charge in [-0.05, 0) is 195 Å². The third-order valence-electron chi connectivity index (χ3n) is 26.9. The molecule has 424 valence electrons. The van der Waals surface area contributed by atoms with Gasteiger partial charge in [0, 0.05) is 67.1 Å². The number of epoxide rings is 1. The fourth-order valence-corrected chi connectivity index (χ4v) is 22.7. The van der Waals surface area contributed by atoms with E-state index in [0.717, 1.165) is 95.7 Å². The van der Waals surface area contributed by atoms with Crippen LogP contribution in [0.15, 0.2) is 41.7 Å². The molecule has 7 saturated carbocycles. The fourth-order valence-electron chi connectivity index (χ4n) is 22.7. The first-order chi connectivity index (χ1) is 37.3. The number of hydrogen-bond acceptors (Lipinski definition) is 6. The Bertz CT molecular complexity index is 2890. The first-order valence-electron chi connectivity index (χ1n) is 32.6. The van der Waals surface area contributed by atoms with Gasteiger partial charge in [0.1, 0.15) is 11.9 Å². The number of rotatable bonds is 8. The molecule has 3 aromatic rings. The number of aryl methyl sites for hydroxylation is 1. The molecule has 2 aromatic heterocycles. The summed E-state index contributed by atoms with van der Waals surface area (Å²) in [6.07, 6.45) is 33.0. The van der Waals surface area contributed by atoms with Gasteiger partial charge >= 0.3 is 0 Å². The van der Waals surface area contributed by atoms with Crippen LogP contribution in [0.5, 0.6) is 0 Å². The molecule has 2 spiro atoms. The minimum absolute atomic E-state index is 0.0421. The molecule has 8 nitrogen and oxygen atoms in total. The molecular weight excluding hydrogens is 965 g/mol. The summed E-state index contributed by atoms with van der Waals surface area (Å²) in [5.74, 6) is 2.07. The number of ether oxygens (including phenoxy) is 2. The van der Waals surface area contributed by atoms with Crippen LogP contribution in [0.2, 0.25) is 0 Å².